The van der Waals surface area contributed by atoms with Crippen molar-refractivity contribution in [1.82, 2.24) is 4.90 Å². The van der Waals surface area contributed by atoms with E-state index in [9.17, 15) is 9.59 Å². The van der Waals surface area contributed by atoms with Crippen LogP contribution in [0.2, 0.25) is 0 Å². The standard InChI is InChI=1S/C22H28N2O.C4H8O2/c1-2-22(25)24(20-11-7-4-8-12-20)21-14-17-23(18-15-21)16-13-19-9-5-3-6-10-19;1-2-3-4(5)6/h3-12,21H,2,13-18H2,1H3;2-3H2,1H3,(H,5,6). The molecule has 1 aliphatic rings. The summed E-state index contributed by atoms with van der Waals surface area (Å²) in [6.07, 6.45) is 4.78. The van der Waals surface area contributed by atoms with Gasteiger partial charge < -0.3 is 14.9 Å². The van der Waals surface area contributed by atoms with Crippen molar-refractivity contribution >= 4 is 17.6 Å². The minimum atomic E-state index is -0.711. The highest BCUT2D eigenvalue weighted by Crippen LogP contribution is 2.24. The lowest BCUT2D eigenvalue weighted by Crippen LogP contribution is -2.47. The fraction of sp³-hybridized carbons (Fsp3) is 0.462. The maximum absolute atomic E-state index is 12.5. The van der Waals surface area contributed by atoms with E-state index in [1.807, 2.05) is 36.9 Å². The van der Waals surface area contributed by atoms with E-state index in [1.165, 1.54) is 5.56 Å². The molecule has 1 aliphatic heterocycles. The molecule has 168 valence electrons. The largest absolute Gasteiger partial charge is 0.481 e. The van der Waals surface area contributed by atoms with E-state index in [2.05, 4.69) is 47.4 Å². The fourth-order valence-electron chi connectivity index (χ4n) is 3.86. The molecular weight excluding hydrogens is 388 g/mol. The zero-order valence-electron chi connectivity index (χ0n) is 18.9. The third-order valence-corrected chi connectivity index (χ3v) is 5.55. The summed E-state index contributed by atoms with van der Waals surface area (Å²) < 4.78 is 0. The number of rotatable bonds is 8. The number of para-hydroxylation sites is 1. The Morgan fingerprint density at radius 2 is 1.55 bits per heavy atom. The lowest BCUT2D eigenvalue weighted by atomic mass is 10.0. The Morgan fingerprint density at radius 3 is 2.03 bits per heavy atom. The molecule has 3 rings (SSSR count). The van der Waals surface area contributed by atoms with Crippen molar-refractivity contribution in [1.29, 1.82) is 0 Å². The van der Waals surface area contributed by atoms with Crippen LogP contribution in [0.5, 0.6) is 0 Å². The summed E-state index contributed by atoms with van der Waals surface area (Å²) in [5, 5.41) is 7.91. The zero-order valence-corrected chi connectivity index (χ0v) is 18.9. The molecule has 1 fully saturated rings. The van der Waals surface area contributed by atoms with Gasteiger partial charge in [0.25, 0.3) is 0 Å². The normalized spacial score (nSPS) is 14.4. The van der Waals surface area contributed by atoms with E-state index in [0.717, 1.165) is 51.0 Å². The van der Waals surface area contributed by atoms with Crippen molar-refractivity contribution in [3.05, 3.63) is 66.2 Å². The molecule has 0 radical (unpaired) electrons. The highest BCUT2D eigenvalue weighted by molar-refractivity contribution is 5.93. The van der Waals surface area contributed by atoms with E-state index < -0.39 is 5.97 Å². The van der Waals surface area contributed by atoms with Crippen molar-refractivity contribution in [3.63, 3.8) is 0 Å². The fourth-order valence-corrected chi connectivity index (χ4v) is 3.86. The minimum Gasteiger partial charge on any atom is -0.481 e. The number of carbonyl (C=O) groups is 2. The number of likely N-dealkylation sites (tertiary alicyclic amines) is 1. The molecule has 0 aromatic heterocycles. The number of benzene rings is 2. The first-order valence-electron chi connectivity index (χ1n) is 11.4. The Bertz CT molecular complexity index is 772. The van der Waals surface area contributed by atoms with Crippen LogP contribution in [0.3, 0.4) is 0 Å². The first-order chi connectivity index (χ1) is 15.0. The molecular formula is C26H36N2O3. The lowest BCUT2D eigenvalue weighted by Gasteiger charge is -2.38. The van der Waals surface area contributed by atoms with Crippen molar-refractivity contribution < 1.29 is 14.7 Å². The Morgan fingerprint density at radius 1 is 0.968 bits per heavy atom. The number of nitrogens with zero attached hydrogens (tertiary/aromatic N) is 2. The molecule has 1 N–H and O–H groups in total. The van der Waals surface area contributed by atoms with E-state index in [-0.39, 0.29) is 5.91 Å². The van der Waals surface area contributed by atoms with Crippen LogP contribution < -0.4 is 4.90 Å². The van der Waals surface area contributed by atoms with Crippen LogP contribution in [0.25, 0.3) is 0 Å². The van der Waals surface area contributed by atoms with Gasteiger partial charge in [0.15, 0.2) is 0 Å². The molecule has 0 unspecified atom stereocenters. The van der Waals surface area contributed by atoms with Crippen LogP contribution in [0, 0.1) is 0 Å². The number of piperidine rings is 1. The van der Waals surface area contributed by atoms with E-state index >= 15 is 0 Å². The summed E-state index contributed by atoms with van der Waals surface area (Å²) in [5.41, 5.74) is 2.44. The molecule has 1 saturated heterocycles. The Balaban J connectivity index is 0.000000501. The van der Waals surface area contributed by atoms with Crippen LogP contribution in [0.4, 0.5) is 5.69 Å². The maximum atomic E-state index is 12.5. The first kappa shape index (κ1) is 24.6. The summed E-state index contributed by atoms with van der Waals surface area (Å²) in [5.74, 6) is -0.480. The van der Waals surface area contributed by atoms with Gasteiger partial charge >= 0.3 is 5.97 Å². The Kier molecular flexibility index (Phi) is 10.8. The molecule has 0 saturated carbocycles. The van der Waals surface area contributed by atoms with Gasteiger partial charge in [-0.3, -0.25) is 9.59 Å². The van der Waals surface area contributed by atoms with Crippen molar-refractivity contribution in [2.75, 3.05) is 24.5 Å². The van der Waals surface area contributed by atoms with Crippen LogP contribution in [0.1, 0.15) is 51.5 Å². The highest BCUT2D eigenvalue weighted by atomic mass is 16.4. The number of carboxylic acid groups (broad SMARTS) is 1. The topological polar surface area (TPSA) is 60.9 Å². The molecule has 2 aromatic carbocycles. The van der Waals surface area contributed by atoms with E-state index in [1.54, 1.807) is 0 Å². The molecule has 0 bridgehead atoms. The average molecular weight is 425 g/mol. The summed E-state index contributed by atoms with van der Waals surface area (Å²) in [4.78, 5) is 26.7. The van der Waals surface area contributed by atoms with Gasteiger partial charge in [-0.05, 0) is 43.4 Å². The summed E-state index contributed by atoms with van der Waals surface area (Å²) in [6.45, 7) is 7.03. The monoisotopic (exact) mass is 424 g/mol. The SMILES string of the molecule is CCC(=O)N(c1ccccc1)C1CCN(CCc2ccccc2)CC1.CCCC(=O)O. The van der Waals surface area contributed by atoms with Crippen LogP contribution in [-0.2, 0) is 16.0 Å². The summed E-state index contributed by atoms with van der Waals surface area (Å²) in [7, 11) is 0. The van der Waals surface area contributed by atoms with Crippen molar-refractivity contribution in [2.24, 2.45) is 0 Å². The molecule has 1 heterocycles. The van der Waals surface area contributed by atoms with Crippen LogP contribution >= 0.6 is 0 Å². The second-order valence-corrected chi connectivity index (χ2v) is 7.90. The predicted octanol–water partition coefficient (Wildman–Crippen LogP) is 5.01. The Labute approximate surface area is 186 Å². The van der Waals surface area contributed by atoms with Gasteiger partial charge in [0.05, 0.1) is 0 Å². The van der Waals surface area contributed by atoms with E-state index in [4.69, 9.17) is 5.11 Å². The highest BCUT2D eigenvalue weighted by Gasteiger charge is 2.28. The van der Waals surface area contributed by atoms with Gasteiger partial charge in [-0.15, -0.1) is 0 Å². The zero-order chi connectivity index (χ0) is 22.5. The van der Waals surface area contributed by atoms with Crippen molar-refractivity contribution in [2.45, 2.75) is 58.4 Å². The third kappa shape index (κ3) is 8.54. The van der Waals surface area contributed by atoms with Gasteiger partial charge in [0, 0.05) is 44.2 Å². The van der Waals surface area contributed by atoms with Crippen LogP contribution in [0.15, 0.2) is 60.7 Å². The molecule has 5 nitrogen and oxygen atoms in total. The third-order valence-electron chi connectivity index (χ3n) is 5.55. The minimum absolute atomic E-state index is 0.230. The number of carbonyl (C=O) groups excluding carboxylic acids is 1. The molecule has 5 heteroatoms. The number of aliphatic carboxylic acids is 1. The number of hydrogen-bond acceptors (Lipinski definition) is 3. The number of hydrogen-bond donors (Lipinski definition) is 1. The molecule has 0 aliphatic carbocycles. The van der Waals surface area contributed by atoms with Gasteiger partial charge in [0.2, 0.25) is 5.91 Å². The van der Waals surface area contributed by atoms with Crippen LogP contribution in [-0.4, -0.2) is 47.6 Å². The van der Waals surface area contributed by atoms with Crippen molar-refractivity contribution in [3.8, 4) is 0 Å². The Hall–Kier alpha value is -2.66. The predicted molar refractivity (Wildman–Crippen MR) is 126 cm³/mol. The second kappa shape index (κ2) is 13.6. The first-order valence-corrected chi connectivity index (χ1v) is 11.4. The molecule has 2 aromatic rings. The van der Waals surface area contributed by atoms with Gasteiger partial charge in [-0.2, -0.15) is 0 Å². The molecule has 0 spiro atoms. The van der Waals surface area contributed by atoms with Gasteiger partial charge in [-0.1, -0.05) is 62.4 Å². The summed E-state index contributed by atoms with van der Waals surface area (Å²) in [6, 6.07) is 21.1. The molecule has 1 amide bonds. The molecule has 0 atom stereocenters. The lowest BCUT2D eigenvalue weighted by molar-refractivity contribution is -0.137. The number of carboxylic acids is 1. The maximum Gasteiger partial charge on any atom is 0.303 e. The van der Waals surface area contributed by atoms with E-state index in [0.29, 0.717) is 18.9 Å². The average Bonchev–Trinajstić information content (AvgIpc) is 2.80. The summed E-state index contributed by atoms with van der Waals surface area (Å²) >= 11 is 0. The quantitative estimate of drug-likeness (QED) is 0.647. The molecule has 31 heavy (non-hydrogen) atoms. The smallest absolute Gasteiger partial charge is 0.303 e. The number of amides is 1. The second-order valence-electron chi connectivity index (χ2n) is 7.90. The van der Waals surface area contributed by atoms with Gasteiger partial charge in [0.1, 0.15) is 0 Å². The number of anilines is 1. The van der Waals surface area contributed by atoms with Gasteiger partial charge in [-0.25, -0.2) is 0 Å².